The van der Waals surface area contributed by atoms with E-state index in [1.54, 1.807) is 6.07 Å². The molecule has 0 saturated heterocycles. The van der Waals surface area contributed by atoms with Crippen LogP contribution in [0.15, 0.2) is 23.4 Å². The molecule has 1 aromatic carbocycles. The van der Waals surface area contributed by atoms with Crippen molar-refractivity contribution in [2.45, 2.75) is 44.3 Å². The topological polar surface area (TPSA) is 55.1 Å². The first-order chi connectivity index (χ1) is 9.85. The van der Waals surface area contributed by atoms with E-state index in [0.29, 0.717) is 5.02 Å². The molecule has 0 aliphatic heterocycles. The molecule has 1 N–H and O–H groups in total. The molecule has 6 heteroatoms. The number of nitrogens with zero attached hydrogens (tertiary/aromatic N) is 2. The van der Waals surface area contributed by atoms with Crippen molar-refractivity contribution in [2.75, 3.05) is 5.75 Å². The Hall–Kier alpha value is -1.20. The van der Waals surface area contributed by atoms with Gasteiger partial charge in [-0.15, -0.1) is 0 Å². The fourth-order valence-corrected chi connectivity index (χ4v) is 3.61. The van der Waals surface area contributed by atoms with Crippen LogP contribution >= 0.6 is 23.4 Å². The number of hydrogen-bond acceptors (Lipinski definition) is 3. The normalized spacial score (nSPS) is 12.0. The van der Waals surface area contributed by atoms with Gasteiger partial charge in [-0.2, -0.15) is 0 Å². The highest BCUT2D eigenvalue weighted by Gasteiger charge is 2.26. The summed E-state index contributed by atoms with van der Waals surface area (Å²) in [6.45, 7) is 6.42. The molecule has 114 valence electrons. The van der Waals surface area contributed by atoms with E-state index in [1.165, 1.54) is 11.8 Å². The van der Waals surface area contributed by atoms with E-state index >= 15 is 0 Å². The fourth-order valence-electron chi connectivity index (χ4n) is 2.56. The van der Waals surface area contributed by atoms with Gasteiger partial charge in [-0.05, 0) is 38.5 Å². The number of benzene rings is 1. The lowest BCUT2D eigenvalue weighted by molar-refractivity contribution is -0.133. The number of carbonyl (C=O) groups is 1. The van der Waals surface area contributed by atoms with Crippen molar-refractivity contribution >= 4 is 40.4 Å². The maximum absolute atomic E-state index is 10.8. The minimum Gasteiger partial charge on any atom is -0.481 e. The smallest absolute Gasteiger partial charge is 0.313 e. The van der Waals surface area contributed by atoms with Crippen molar-refractivity contribution in [1.82, 2.24) is 9.55 Å². The summed E-state index contributed by atoms with van der Waals surface area (Å²) >= 11 is 7.36. The van der Waals surface area contributed by atoms with E-state index in [2.05, 4.69) is 30.3 Å². The van der Waals surface area contributed by atoms with Crippen molar-refractivity contribution in [3.05, 3.63) is 23.2 Å². The number of hydrogen-bond donors (Lipinski definition) is 1. The summed E-state index contributed by atoms with van der Waals surface area (Å²) in [5, 5.41) is 10.3. The van der Waals surface area contributed by atoms with Gasteiger partial charge < -0.3 is 9.67 Å². The lowest BCUT2D eigenvalue weighted by atomic mass is 9.98. The van der Waals surface area contributed by atoms with Crippen molar-refractivity contribution in [3.8, 4) is 0 Å². The second kappa shape index (κ2) is 6.28. The van der Waals surface area contributed by atoms with E-state index < -0.39 is 5.97 Å². The average Bonchev–Trinajstić information content (AvgIpc) is 2.74. The van der Waals surface area contributed by atoms with Gasteiger partial charge in [0.15, 0.2) is 5.16 Å². The zero-order valence-electron chi connectivity index (χ0n) is 12.4. The van der Waals surface area contributed by atoms with E-state index in [9.17, 15) is 4.79 Å². The summed E-state index contributed by atoms with van der Waals surface area (Å²) < 4.78 is 2.12. The molecule has 4 nitrogen and oxygen atoms in total. The summed E-state index contributed by atoms with van der Waals surface area (Å²) in [5.41, 5.74) is 1.65. The van der Waals surface area contributed by atoms with Crippen molar-refractivity contribution in [2.24, 2.45) is 0 Å². The Kier molecular flexibility index (Phi) is 4.84. The van der Waals surface area contributed by atoms with Gasteiger partial charge in [0, 0.05) is 10.6 Å². The molecule has 0 atom stereocenters. The van der Waals surface area contributed by atoms with Crippen LogP contribution in [-0.4, -0.2) is 26.4 Å². The third-order valence-electron chi connectivity index (χ3n) is 3.38. The summed E-state index contributed by atoms with van der Waals surface area (Å²) in [5.74, 6) is -0.843. The highest BCUT2D eigenvalue weighted by Crippen LogP contribution is 2.34. The molecule has 0 spiro atoms. The molecule has 0 fully saturated rings. The number of thioether (sulfide) groups is 1. The van der Waals surface area contributed by atoms with Crippen molar-refractivity contribution in [1.29, 1.82) is 0 Å². The molecule has 0 amide bonds. The molecule has 0 bridgehead atoms. The van der Waals surface area contributed by atoms with Gasteiger partial charge in [-0.25, -0.2) is 4.98 Å². The molecule has 1 aromatic heterocycles. The number of fused-ring (bicyclic) bond motifs is 1. The first kappa shape index (κ1) is 16.2. The number of aromatic nitrogens is 2. The Morgan fingerprint density at radius 3 is 2.81 bits per heavy atom. The molecular weight excluding hydrogens is 308 g/mol. The maximum Gasteiger partial charge on any atom is 0.313 e. The third kappa shape index (κ3) is 3.52. The Morgan fingerprint density at radius 2 is 2.19 bits per heavy atom. The van der Waals surface area contributed by atoms with Crippen LogP contribution in [0.2, 0.25) is 5.02 Å². The number of carboxylic acids is 1. The second-order valence-corrected chi connectivity index (χ2v) is 6.99. The quantitative estimate of drug-likeness (QED) is 0.799. The van der Waals surface area contributed by atoms with Crippen LogP contribution in [-0.2, 0) is 10.3 Å². The predicted octanol–water partition coefficient (Wildman–Crippen LogP) is 4.40. The monoisotopic (exact) mass is 326 g/mol. The van der Waals surface area contributed by atoms with Crippen LogP contribution in [0.5, 0.6) is 0 Å². The summed E-state index contributed by atoms with van der Waals surface area (Å²) in [4.78, 5) is 15.4. The van der Waals surface area contributed by atoms with E-state index in [0.717, 1.165) is 29.0 Å². The van der Waals surface area contributed by atoms with Gasteiger partial charge in [0.05, 0.1) is 16.8 Å². The van der Waals surface area contributed by atoms with Crippen LogP contribution in [0.4, 0.5) is 0 Å². The fraction of sp³-hybridized carbons (Fsp3) is 0.467. The van der Waals surface area contributed by atoms with E-state index in [4.69, 9.17) is 16.7 Å². The lowest BCUT2D eigenvalue weighted by Gasteiger charge is -2.29. The minimum atomic E-state index is -0.843. The molecule has 0 aliphatic rings. The molecule has 2 rings (SSSR count). The van der Waals surface area contributed by atoms with E-state index in [-0.39, 0.29) is 11.3 Å². The molecular formula is C15H19ClN2O2S. The molecule has 0 aliphatic carbocycles. The largest absolute Gasteiger partial charge is 0.481 e. The Labute approximate surface area is 133 Å². The Morgan fingerprint density at radius 1 is 1.48 bits per heavy atom. The van der Waals surface area contributed by atoms with Gasteiger partial charge >= 0.3 is 5.97 Å². The highest BCUT2D eigenvalue weighted by molar-refractivity contribution is 7.99. The number of carboxylic acid groups (broad SMARTS) is 1. The van der Waals surface area contributed by atoms with Crippen LogP contribution < -0.4 is 0 Å². The Balaban J connectivity index is 2.58. The van der Waals surface area contributed by atoms with Gasteiger partial charge in [0.2, 0.25) is 0 Å². The maximum atomic E-state index is 10.8. The molecule has 0 radical (unpaired) electrons. The number of imidazole rings is 1. The summed E-state index contributed by atoms with van der Waals surface area (Å²) in [6, 6.07) is 5.58. The lowest BCUT2D eigenvalue weighted by Crippen LogP contribution is -2.26. The van der Waals surface area contributed by atoms with Gasteiger partial charge in [-0.3, -0.25) is 4.79 Å². The minimum absolute atomic E-state index is 0.000735. The molecule has 0 unspecified atom stereocenters. The van der Waals surface area contributed by atoms with Crippen molar-refractivity contribution < 1.29 is 9.90 Å². The SMILES string of the molecule is CCCC(C)(C)n1c(SCC(=O)O)nc2ccc(Cl)cc21. The van der Waals surface area contributed by atoms with Crippen LogP contribution in [0.1, 0.15) is 33.6 Å². The first-order valence-corrected chi connectivity index (χ1v) is 8.24. The van der Waals surface area contributed by atoms with Gasteiger partial charge in [0.1, 0.15) is 0 Å². The number of aliphatic carboxylic acids is 1. The van der Waals surface area contributed by atoms with Gasteiger partial charge in [-0.1, -0.05) is 36.7 Å². The second-order valence-electron chi connectivity index (χ2n) is 5.61. The van der Waals surface area contributed by atoms with Crippen LogP contribution in [0, 0.1) is 0 Å². The van der Waals surface area contributed by atoms with Gasteiger partial charge in [0.25, 0.3) is 0 Å². The zero-order chi connectivity index (χ0) is 15.6. The van der Waals surface area contributed by atoms with E-state index in [1.807, 2.05) is 12.1 Å². The summed E-state index contributed by atoms with van der Waals surface area (Å²) in [6.07, 6.45) is 2.02. The highest BCUT2D eigenvalue weighted by atomic mass is 35.5. The first-order valence-electron chi connectivity index (χ1n) is 6.88. The van der Waals surface area contributed by atoms with Crippen molar-refractivity contribution in [3.63, 3.8) is 0 Å². The zero-order valence-corrected chi connectivity index (χ0v) is 14.0. The molecule has 21 heavy (non-hydrogen) atoms. The average molecular weight is 327 g/mol. The predicted molar refractivity (Wildman–Crippen MR) is 87.3 cm³/mol. The Bertz CT molecular complexity index is 667. The van der Waals surface area contributed by atoms with Crippen LogP contribution in [0.3, 0.4) is 0 Å². The van der Waals surface area contributed by atoms with Crippen LogP contribution in [0.25, 0.3) is 11.0 Å². The number of halogens is 1. The molecule has 0 saturated carbocycles. The summed E-state index contributed by atoms with van der Waals surface area (Å²) in [7, 11) is 0. The molecule has 2 aromatic rings. The number of rotatable bonds is 6. The standard InChI is InChI=1S/C15H19ClN2O2S/c1-4-7-15(2,3)18-12-8-10(16)5-6-11(12)17-14(18)21-9-13(19)20/h5-6,8H,4,7,9H2,1-3H3,(H,19,20). The molecule has 1 heterocycles. The third-order valence-corrected chi connectivity index (χ3v) is 4.54.